The summed E-state index contributed by atoms with van der Waals surface area (Å²) in [6, 6.07) is 14.5. The Balaban J connectivity index is 1.99. The first-order valence-corrected chi connectivity index (χ1v) is 8.47. The Hall–Kier alpha value is -3.33. The maximum absolute atomic E-state index is 12.1. The van der Waals surface area contributed by atoms with Crippen LogP contribution >= 0.6 is 0 Å². The molecule has 6 nitrogen and oxygen atoms in total. The van der Waals surface area contributed by atoms with Gasteiger partial charge in [-0.05, 0) is 62.2 Å². The van der Waals surface area contributed by atoms with Crippen molar-refractivity contribution in [3.63, 3.8) is 0 Å². The molecule has 27 heavy (non-hydrogen) atoms. The maximum Gasteiger partial charge on any atom is 0.309 e. The average molecular weight is 366 g/mol. The summed E-state index contributed by atoms with van der Waals surface area (Å²) in [5.74, 6) is -0.732. The van der Waals surface area contributed by atoms with Crippen LogP contribution in [-0.2, 0) is 16.2 Å². The lowest BCUT2D eigenvalue weighted by atomic mass is 9.89. The van der Waals surface area contributed by atoms with E-state index in [0.29, 0.717) is 23.6 Å². The molecule has 0 unspecified atom stereocenters. The Morgan fingerprint density at radius 3 is 2.59 bits per heavy atom. The minimum Gasteiger partial charge on any atom is -0.489 e. The second-order valence-electron chi connectivity index (χ2n) is 6.99. The number of carbonyl (C=O) groups excluding carboxylic acids is 1. The molecule has 0 aliphatic rings. The summed E-state index contributed by atoms with van der Waals surface area (Å²) in [6.45, 7) is 5.19. The van der Waals surface area contributed by atoms with Gasteiger partial charge in [0, 0.05) is 12.1 Å². The summed E-state index contributed by atoms with van der Waals surface area (Å²) in [5, 5.41) is 20.8. The molecule has 0 aromatic heterocycles. The van der Waals surface area contributed by atoms with E-state index in [0.717, 1.165) is 11.1 Å². The van der Waals surface area contributed by atoms with E-state index in [1.165, 1.54) is 13.8 Å². The number of rotatable bonds is 7. The van der Waals surface area contributed by atoms with Crippen molar-refractivity contribution in [3.8, 4) is 11.8 Å². The monoisotopic (exact) mass is 366 g/mol. The van der Waals surface area contributed by atoms with E-state index in [4.69, 9.17) is 15.1 Å². The van der Waals surface area contributed by atoms with Crippen LogP contribution in [0.2, 0.25) is 0 Å². The van der Waals surface area contributed by atoms with E-state index in [2.05, 4.69) is 11.4 Å². The van der Waals surface area contributed by atoms with Crippen LogP contribution in [0.5, 0.6) is 5.75 Å². The van der Waals surface area contributed by atoms with E-state index in [1.54, 1.807) is 36.4 Å². The fourth-order valence-electron chi connectivity index (χ4n) is 2.43. The van der Waals surface area contributed by atoms with Crippen LogP contribution in [0, 0.1) is 23.7 Å². The third kappa shape index (κ3) is 5.58. The second-order valence-corrected chi connectivity index (χ2v) is 6.99. The Morgan fingerprint density at radius 2 is 1.96 bits per heavy atom. The highest BCUT2D eigenvalue weighted by atomic mass is 16.5. The van der Waals surface area contributed by atoms with Crippen LogP contribution < -0.4 is 10.1 Å². The molecule has 0 aliphatic carbocycles. The number of aliphatic carboxylic acids is 1. The molecule has 0 saturated heterocycles. The maximum atomic E-state index is 12.1. The van der Waals surface area contributed by atoms with Crippen molar-refractivity contribution >= 4 is 17.6 Å². The number of nitriles is 1. The number of benzene rings is 2. The third-order valence-corrected chi connectivity index (χ3v) is 4.11. The Morgan fingerprint density at radius 1 is 1.22 bits per heavy atom. The normalized spacial score (nSPS) is 10.7. The van der Waals surface area contributed by atoms with Gasteiger partial charge in [0.2, 0.25) is 5.91 Å². The van der Waals surface area contributed by atoms with Crippen molar-refractivity contribution in [2.75, 3.05) is 5.32 Å². The minimum atomic E-state index is -1.13. The molecule has 2 aromatic rings. The SMILES string of the molecule is Cc1cc(OCc2cccc(C#N)c2)ccc1NC(=O)CC(C)(C)C(=O)O. The molecule has 0 spiro atoms. The van der Waals surface area contributed by atoms with Gasteiger partial charge in [-0.15, -0.1) is 0 Å². The van der Waals surface area contributed by atoms with Crippen molar-refractivity contribution < 1.29 is 19.4 Å². The van der Waals surface area contributed by atoms with E-state index in [-0.39, 0.29) is 12.3 Å². The predicted octanol–water partition coefficient (Wildman–Crippen LogP) is 3.89. The van der Waals surface area contributed by atoms with Gasteiger partial charge in [0.1, 0.15) is 12.4 Å². The third-order valence-electron chi connectivity index (χ3n) is 4.11. The number of nitrogens with one attached hydrogen (secondary N) is 1. The first-order valence-electron chi connectivity index (χ1n) is 8.47. The number of hydrogen-bond acceptors (Lipinski definition) is 4. The van der Waals surface area contributed by atoms with E-state index < -0.39 is 11.4 Å². The standard InChI is InChI=1S/C21H22N2O4/c1-14-9-17(27-13-16-6-4-5-15(10-16)12-22)7-8-18(14)23-19(24)11-21(2,3)20(25)26/h4-10H,11,13H2,1-3H3,(H,23,24)(H,25,26). The molecule has 0 radical (unpaired) electrons. The molecule has 2 N–H and O–H groups in total. The van der Waals surface area contributed by atoms with Gasteiger partial charge in [-0.1, -0.05) is 12.1 Å². The topological polar surface area (TPSA) is 99.4 Å². The summed E-state index contributed by atoms with van der Waals surface area (Å²) in [7, 11) is 0. The van der Waals surface area contributed by atoms with Gasteiger partial charge in [-0.25, -0.2) is 0 Å². The van der Waals surface area contributed by atoms with Crippen molar-refractivity contribution in [1.82, 2.24) is 0 Å². The Kier molecular flexibility index (Phi) is 6.19. The quantitative estimate of drug-likeness (QED) is 0.774. The van der Waals surface area contributed by atoms with E-state index in [9.17, 15) is 9.59 Å². The molecule has 0 atom stereocenters. The van der Waals surface area contributed by atoms with Gasteiger partial charge in [-0.3, -0.25) is 9.59 Å². The Labute approximate surface area is 158 Å². The summed E-state index contributed by atoms with van der Waals surface area (Å²) in [6.07, 6.45) is -0.116. The number of hydrogen-bond donors (Lipinski definition) is 2. The fraction of sp³-hybridized carbons (Fsp3) is 0.286. The van der Waals surface area contributed by atoms with Crippen LogP contribution in [0.4, 0.5) is 5.69 Å². The lowest BCUT2D eigenvalue weighted by molar-refractivity contribution is -0.148. The molecule has 0 fully saturated rings. The molecule has 0 bridgehead atoms. The van der Waals surface area contributed by atoms with E-state index >= 15 is 0 Å². The predicted molar refractivity (Wildman–Crippen MR) is 101 cm³/mol. The lowest BCUT2D eigenvalue weighted by Gasteiger charge is -2.19. The smallest absolute Gasteiger partial charge is 0.309 e. The molecule has 0 aliphatic heterocycles. The minimum absolute atomic E-state index is 0.116. The molecular weight excluding hydrogens is 344 g/mol. The van der Waals surface area contributed by atoms with Gasteiger partial charge in [0.05, 0.1) is 17.0 Å². The van der Waals surface area contributed by atoms with Crippen LogP contribution in [0.15, 0.2) is 42.5 Å². The van der Waals surface area contributed by atoms with Gasteiger partial charge < -0.3 is 15.2 Å². The van der Waals surface area contributed by atoms with Crippen molar-refractivity contribution in [1.29, 1.82) is 5.26 Å². The molecule has 2 aromatic carbocycles. The first kappa shape index (κ1) is 20.0. The molecule has 0 heterocycles. The van der Waals surface area contributed by atoms with Crippen LogP contribution in [0.1, 0.15) is 37.0 Å². The molecule has 0 saturated carbocycles. The largest absolute Gasteiger partial charge is 0.489 e. The van der Waals surface area contributed by atoms with Gasteiger partial charge in [0.25, 0.3) is 0 Å². The molecule has 2 rings (SSSR count). The van der Waals surface area contributed by atoms with Crippen LogP contribution in [0.25, 0.3) is 0 Å². The first-order chi connectivity index (χ1) is 12.7. The highest BCUT2D eigenvalue weighted by Crippen LogP contribution is 2.25. The van der Waals surface area contributed by atoms with E-state index in [1.807, 2.05) is 13.0 Å². The number of nitrogens with zero attached hydrogens (tertiary/aromatic N) is 1. The van der Waals surface area contributed by atoms with Crippen molar-refractivity contribution in [2.45, 2.75) is 33.8 Å². The zero-order valence-corrected chi connectivity index (χ0v) is 15.6. The van der Waals surface area contributed by atoms with Gasteiger partial charge >= 0.3 is 5.97 Å². The zero-order chi connectivity index (χ0) is 20.0. The molecule has 1 amide bonds. The number of aryl methyl sites for hydroxylation is 1. The highest BCUT2D eigenvalue weighted by Gasteiger charge is 2.30. The molecule has 6 heteroatoms. The van der Waals surface area contributed by atoms with Crippen LogP contribution in [-0.4, -0.2) is 17.0 Å². The Bertz CT molecular complexity index is 897. The number of amides is 1. The number of anilines is 1. The highest BCUT2D eigenvalue weighted by molar-refractivity contribution is 5.94. The zero-order valence-electron chi connectivity index (χ0n) is 15.6. The van der Waals surface area contributed by atoms with Crippen LogP contribution in [0.3, 0.4) is 0 Å². The fourth-order valence-corrected chi connectivity index (χ4v) is 2.43. The summed E-state index contributed by atoms with van der Waals surface area (Å²) in [5.41, 5.74) is 1.76. The van der Waals surface area contributed by atoms with Gasteiger partial charge in [0.15, 0.2) is 0 Å². The van der Waals surface area contributed by atoms with Crippen molar-refractivity contribution in [2.24, 2.45) is 5.41 Å². The van der Waals surface area contributed by atoms with Gasteiger partial charge in [-0.2, -0.15) is 5.26 Å². The summed E-state index contributed by atoms with van der Waals surface area (Å²) in [4.78, 5) is 23.2. The molecule has 140 valence electrons. The number of carboxylic acid groups (broad SMARTS) is 1. The number of carbonyl (C=O) groups is 2. The molecular formula is C21H22N2O4. The number of carboxylic acids is 1. The average Bonchev–Trinajstić information content (AvgIpc) is 2.61. The summed E-state index contributed by atoms with van der Waals surface area (Å²) >= 11 is 0. The lowest BCUT2D eigenvalue weighted by Crippen LogP contribution is -2.29. The summed E-state index contributed by atoms with van der Waals surface area (Å²) < 4.78 is 5.74. The number of ether oxygens (including phenoxy) is 1. The van der Waals surface area contributed by atoms with Crippen molar-refractivity contribution in [3.05, 3.63) is 59.2 Å². The second kappa shape index (κ2) is 8.37.